The van der Waals surface area contributed by atoms with E-state index in [9.17, 15) is 4.39 Å². The Balaban J connectivity index is 2.33. The minimum atomic E-state index is -0.267. The molecule has 0 aliphatic carbocycles. The Bertz CT molecular complexity index is 511. The summed E-state index contributed by atoms with van der Waals surface area (Å²) >= 11 is 1.49. The minimum absolute atomic E-state index is 0.267. The Morgan fingerprint density at radius 1 is 1.24 bits per heavy atom. The van der Waals surface area contributed by atoms with Crippen molar-refractivity contribution in [2.75, 3.05) is 6.26 Å². The van der Waals surface area contributed by atoms with Gasteiger partial charge in [-0.1, -0.05) is 0 Å². The zero-order chi connectivity index (χ0) is 12.1. The number of benzene rings is 1. The summed E-state index contributed by atoms with van der Waals surface area (Å²) in [5.41, 5.74) is 1.46. The third-order valence-electron chi connectivity index (χ3n) is 2.05. The van der Waals surface area contributed by atoms with Crippen molar-refractivity contribution >= 4 is 22.5 Å². The molecule has 0 spiro atoms. The van der Waals surface area contributed by atoms with Crippen molar-refractivity contribution in [3.63, 3.8) is 0 Å². The standard InChI is InChI=1S/C12H10FN3S/c1-17-12(11-6-7-14-8-15-11)16-10-4-2-9(13)3-5-10/h2-8H,1H3. The maximum Gasteiger partial charge on any atom is 0.123 e. The number of nitrogens with zero attached hydrogens (tertiary/aromatic N) is 3. The second kappa shape index (κ2) is 5.54. The number of thioether (sulfide) groups is 1. The zero-order valence-electron chi connectivity index (χ0n) is 9.17. The highest BCUT2D eigenvalue weighted by Crippen LogP contribution is 2.17. The second-order valence-electron chi connectivity index (χ2n) is 3.19. The van der Waals surface area contributed by atoms with Gasteiger partial charge in [0, 0.05) is 6.20 Å². The van der Waals surface area contributed by atoms with Gasteiger partial charge < -0.3 is 0 Å². The highest BCUT2D eigenvalue weighted by molar-refractivity contribution is 8.13. The summed E-state index contributed by atoms with van der Waals surface area (Å²) in [5.74, 6) is -0.267. The summed E-state index contributed by atoms with van der Waals surface area (Å²) in [6.07, 6.45) is 5.06. The third kappa shape index (κ3) is 3.10. The van der Waals surface area contributed by atoms with Crippen molar-refractivity contribution in [1.82, 2.24) is 9.97 Å². The molecule has 17 heavy (non-hydrogen) atoms. The first kappa shape index (κ1) is 11.7. The van der Waals surface area contributed by atoms with Crippen LogP contribution in [0.5, 0.6) is 0 Å². The maximum atomic E-state index is 12.8. The molecular formula is C12H10FN3S. The van der Waals surface area contributed by atoms with Crippen molar-refractivity contribution in [1.29, 1.82) is 0 Å². The van der Waals surface area contributed by atoms with Gasteiger partial charge in [0.15, 0.2) is 0 Å². The van der Waals surface area contributed by atoms with Crippen LogP contribution in [0, 0.1) is 5.82 Å². The fourth-order valence-corrected chi connectivity index (χ4v) is 1.78. The van der Waals surface area contributed by atoms with E-state index < -0.39 is 0 Å². The molecule has 1 aromatic carbocycles. The predicted molar refractivity (Wildman–Crippen MR) is 68.1 cm³/mol. The average molecular weight is 247 g/mol. The van der Waals surface area contributed by atoms with Gasteiger partial charge in [-0.05, 0) is 36.6 Å². The molecule has 0 aliphatic rings. The summed E-state index contributed by atoms with van der Waals surface area (Å²) in [7, 11) is 0. The van der Waals surface area contributed by atoms with Crippen LogP contribution in [0.4, 0.5) is 10.1 Å². The lowest BCUT2D eigenvalue weighted by molar-refractivity contribution is 0.628. The number of rotatable bonds is 2. The van der Waals surface area contributed by atoms with Gasteiger partial charge in [-0.2, -0.15) is 0 Å². The molecule has 0 atom stereocenters. The molecule has 0 unspecified atom stereocenters. The molecule has 0 saturated heterocycles. The van der Waals surface area contributed by atoms with Crippen LogP contribution in [0.15, 0.2) is 47.8 Å². The molecule has 3 nitrogen and oxygen atoms in total. The summed E-state index contributed by atoms with van der Waals surface area (Å²) in [5, 5.41) is 0.777. The van der Waals surface area contributed by atoms with Gasteiger partial charge in [0.05, 0.1) is 11.4 Å². The van der Waals surface area contributed by atoms with Crippen LogP contribution in [-0.2, 0) is 0 Å². The van der Waals surface area contributed by atoms with Crippen molar-refractivity contribution < 1.29 is 4.39 Å². The van der Waals surface area contributed by atoms with Crippen LogP contribution >= 0.6 is 11.8 Å². The third-order valence-corrected chi connectivity index (χ3v) is 2.74. The normalized spacial score (nSPS) is 11.5. The van der Waals surface area contributed by atoms with Gasteiger partial charge in [0.25, 0.3) is 0 Å². The van der Waals surface area contributed by atoms with Crippen molar-refractivity contribution in [2.24, 2.45) is 4.99 Å². The molecule has 0 radical (unpaired) electrons. The summed E-state index contributed by atoms with van der Waals surface area (Å²) in [6, 6.07) is 7.83. The van der Waals surface area contributed by atoms with Gasteiger partial charge >= 0.3 is 0 Å². The highest BCUT2D eigenvalue weighted by atomic mass is 32.2. The van der Waals surface area contributed by atoms with Crippen LogP contribution in [0.1, 0.15) is 5.69 Å². The predicted octanol–water partition coefficient (Wildman–Crippen LogP) is 3.06. The van der Waals surface area contributed by atoms with E-state index in [1.165, 1.54) is 30.2 Å². The van der Waals surface area contributed by atoms with Gasteiger partial charge in [-0.3, -0.25) is 0 Å². The molecule has 1 aromatic heterocycles. The molecule has 0 saturated carbocycles. The molecule has 0 bridgehead atoms. The first-order valence-corrected chi connectivity index (χ1v) is 6.16. The second-order valence-corrected chi connectivity index (χ2v) is 3.99. The fourth-order valence-electron chi connectivity index (χ4n) is 1.26. The van der Waals surface area contributed by atoms with E-state index in [1.807, 2.05) is 6.26 Å². The van der Waals surface area contributed by atoms with E-state index in [1.54, 1.807) is 24.4 Å². The van der Waals surface area contributed by atoms with Crippen molar-refractivity contribution in [2.45, 2.75) is 0 Å². The smallest absolute Gasteiger partial charge is 0.123 e. The number of aromatic nitrogens is 2. The van der Waals surface area contributed by atoms with E-state index in [0.717, 1.165) is 10.7 Å². The highest BCUT2D eigenvalue weighted by Gasteiger charge is 2.03. The Morgan fingerprint density at radius 2 is 2.00 bits per heavy atom. The van der Waals surface area contributed by atoms with Crippen molar-refractivity contribution in [3.05, 3.63) is 54.4 Å². The lowest BCUT2D eigenvalue weighted by Crippen LogP contribution is -1.97. The van der Waals surface area contributed by atoms with E-state index in [-0.39, 0.29) is 5.82 Å². The van der Waals surface area contributed by atoms with Gasteiger partial charge in [0.1, 0.15) is 17.2 Å². The average Bonchev–Trinajstić information content (AvgIpc) is 2.39. The van der Waals surface area contributed by atoms with Crippen LogP contribution in [0.25, 0.3) is 0 Å². The molecule has 0 amide bonds. The Labute approximate surface area is 103 Å². The van der Waals surface area contributed by atoms with E-state index in [0.29, 0.717) is 5.69 Å². The largest absolute Gasteiger partial charge is 0.245 e. The number of hydrogen-bond acceptors (Lipinski definition) is 4. The summed E-state index contributed by atoms with van der Waals surface area (Å²) in [4.78, 5) is 12.4. The Kier molecular flexibility index (Phi) is 3.82. The Hall–Kier alpha value is -1.75. The first-order valence-electron chi connectivity index (χ1n) is 4.94. The topological polar surface area (TPSA) is 38.1 Å². The lowest BCUT2D eigenvalue weighted by Gasteiger charge is -2.01. The molecule has 5 heteroatoms. The fraction of sp³-hybridized carbons (Fsp3) is 0.0833. The molecule has 0 fully saturated rings. The van der Waals surface area contributed by atoms with Gasteiger partial charge in [0.2, 0.25) is 0 Å². The van der Waals surface area contributed by atoms with E-state index >= 15 is 0 Å². The minimum Gasteiger partial charge on any atom is -0.245 e. The molecule has 2 rings (SSSR count). The molecule has 2 aromatic rings. The lowest BCUT2D eigenvalue weighted by atomic mass is 10.3. The van der Waals surface area contributed by atoms with Crippen LogP contribution in [0.2, 0.25) is 0 Å². The molecule has 0 N–H and O–H groups in total. The maximum absolute atomic E-state index is 12.8. The SMILES string of the molecule is CSC(=Nc1ccc(F)cc1)c1ccncn1. The number of halogens is 1. The van der Waals surface area contributed by atoms with Gasteiger partial charge in [-0.25, -0.2) is 19.4 Å². The van der Waals surface area contributed by atoms with Crippen molar-refractivity contribution in [3.8, 4) is 0 Å². The molecular weight excluding hydrogens is 237 g/mol. The van der Waals surface area contributed by atoms with Gasteiger partial charge in [-0.15, -0.1) is 11.8 Å². The summed E-state index contributed by atoms with van der Waals surface area (Å²) in [6.45, 7) is 0. The Morgan fingerprint density at radius 3 is 2.59 bits per heavy atom. The number of aliphatic imine (C=N–C) groups is 1. The summed E-state index contributed by atoms with van der Waals surface area (Å²) < 4.78 is 12.8. The first-order chi connectivity index (χ1) is 8.29. The molecule has 1 heterocycles. The molecule has 0 aliphatic heterocycles. The van der Waals surface area contributed by atoms with Crippen LogP contribution in [-0.4, -0.2) is 21.3 Å². The zero-order valence-corrected chi connectivity index (χ0v) is 9.99. The van der Waals surface area contributed by atoms with E-state index in [4.69, 9.17) is 0 Å². The quantitative estimate of drug-likeness (QED) is 0.604. The monoisotopic (exact) mass is 247 g/mol. The van der Waals surface area contributed by atoms with Crippen LogP contribution in [0.3, 0.4) is 0 Å². The number of hydrogen-bond donors (Lipinski definition) is 0. The van der Waals surface area contributed by atoms with E-state index in [2.05, 4.69) is 15.0 Å². The van der Waals surface area contributed by atoms with Crippen LogP contribution < -0.4 is 0 Å². The molecule has 86 valence electrons.